The number of aliphatic carboxylic acids is 1. The van der Waals surface area contributed by atoms with E-state index in [2.05, 4.69) is 15.4 Å². The average Bonchev–Trinajstić information content (AvgIpc) is 2.72. The molecule has 0 saturated carbocycles. The van der Waals surface area contributed by atoms with E-state index in [4.69, 9.17) is 5.11 Å². The first-order chi connectivity index (χ1) is 8.45. The molecule has 0 aromatic carbocycles. The molecule has 7 heteroatoms. The Hall–Kier alpha value is -1.63. The Balaban J connectivity index is 2.14. The van der Waals surface area contributed by atoms with E-state index < -0.39 is 12.0 Å². The largest absolute Gasteiger partial charge is 0.480 e. The van der Waals surface area contributed by atoms with Gasteiger partial charge >= 0.3 is 5.97 Å². The molecule has 0 saturated heterocycles. The molecule has 0 aliphatic carbocycles. The van der Waals surface area contributed by atoms with E-state index in [1.54, 1.807) is 4.52 Å². The Bertz CT molecular complexity index is 529. The smallest absolute Gasteiger partial charge is 0.326 e. The van der Waals surface area contributed by atoms with Crippen LogP contribution in [-0.2, 0) is 4.79 Å². The highest BCUT2D eigenvalue weighted by molar-refractivity contribution is 7.20. The first kappa shape index (κ1) is 12.8. The van der Waals surface area contributed by atoms with Gasteiger partial charge in [-0.3, -0.25) is 0 Å². The zero-order valence-electron chi connectivity index (χ0n) is 10.5. The Labute approximate surface area is 109 Å². The third-order valence-corrected chi connectivity index (χ3v) is 3.32. The van der Waals surface area contributed by atoms with Crippen LogP contribution >= 0.6 is 11.3 Å². The first-order valence-electron chi connectivity index (χ1n) is 5.78. The van der Waals surface area contributed by atoms with Gasteiger partial charge in [0.25, 0.3) is 0 Å². The third-order valence-electron chi connectivity index (χ3n) is 2.47. The van der Waals surface area contributed by atoms with Gasteiger partial charge in [0, 0.05) is 0 Å². The quantitative estimate of drug-likeness (QED) is 0.867. The lowest BCUT2D eigenvalue weighted by atomic mass is 10.0. The minimum Gasteiger partial charge on any atom is -0.480 e. The lowest BCUT2D eigenvalue weighted by molar-refractivity contribution is -0.138. The van der Waals surface area contributed by atoms with Crippen molar-refractivity contribution in [3.05, 3.63) is 11.9 Å². The van der Waals surface area contributed by atoms with Crippen LogP contribution in [0.1, 0.15) is 26.0 Å². The second kappa shape index (κ2) is 4.93. The van der Waals surface area contributed by atoms with Crippen LogP contribution in [0.5, 0.6) is 0 Å². The maximum Gasteiger partial charge on any atom is 0.326 e. The second-order valence-electron chi connectivity index (χ2n) is 4.68. The van der Waals surface area contributed by atoms with Gasteiger partial charge in [0.1, 0.15) is 6.04 Å². The topological polar surface area (TPSA) is 79.5 Å². The van der Waals surface area contributed by atoms with Gasteiger partial charge in [-0.25, -0.2) is 14.3 Å². The summed E-state index contributed by atoms with van der Waals surface area (Å²) < 4.78 is 1.66. The van der Waals surface area contributed by atoms with E-state index in [-0.39, 0.29) is 0 Å². The van der Waals surface area contributed by atoms with Crippen LogP contribution < -0.4 is 5.32 Å². The van der Waals surface area contributed by atoms with Crippen LogP contribution in [0.4, 0.5) is 5.13 Å². The number of nitrogens with zero attached hydrogens (tertiary/aromatic N) is 3. The minimum absolute atomic E-state index is 0.310. The summed E-state index contributed by atoms with van der Waals surface area (Å²) in [5.41, 5.74) is 0.900. The normalized spacial score (nSPS) is 13.1. The van der Waals surface area contributed by atoms with E-state index in [1.165, 1.54) is 11.3 Å². The van der Waals surface area contributed by atoms with Crippen molar-refractivity contribution >= 4 is 27.4 Å². The van der Waals surface area contributed by atoms with Crippen LogP contribution in [0.2, 0.25) is 0 Å². The number of carboxylic acids is 1. The lowest BCUT2D eigenvalue weighted by Gasteiger charge is -2.15. The highest BCUT2D eigenvalue weighted by Gasteiger charge is 2.20. The number of rotatable bonds is 5. The summed E-state index contributed by atoms with van der Waals surface area (Å²) in [4.78, 5) is 16.2. The van der Waals surface area contributed by atoms with E-state index in [0.29, 0.717) is 17.5 Å². The van der Waals surface area contributed by atoms with Crippen molar-refractivity contribution in [1.29, 1.82) is 0 Å². The van der Waals surface area contributed by atoms with E-state index >= 15 is 0 Å². The number of carbonyl (C=O) groups is 1. The Morgan fingerprint density at radius 2 is 2.33 bits per heavy atom. The molecule has 2 aromatic heterocycles. The molecule has 6 nitrogen and oxygen atoms in total. The van der Waals surface area contributed by atoms with Gasteiger partial charge in [-0.1, -0.05) is 25.2 Å². The van der Waals surface area contributed by atoms with Gasteiger partial charge in [-0.15, -0.1) is 5.10 Å². The molecular formula is C11H16N4O2S. The molecule has 18 heavy (non-hydrogen) atoms. The fourth-order valence-electron chi connectivity index (χ4n) is 1.71. The van der Waals surface area contributed by atoms with Crippen LogP contribution in [-0.4, -0.2) is 31.7 Å². The van der Waals surface area contributed by atoms with Crippen molar-refractivity contribution < 1.29 is 9.90 Å². The molecular weight excluding hydrogens is 252 g/mol. The van der Waals surface area contributed by atoms with E-state index in [9.17, 15) is 4.79 Å². The van der Waals surface area contributed by atoms with Crippen molar-refractivity contribution in [3.8, 4) is 0 Å². The number of nitrogens with one attached hydrogen (secondary N) is 1. The predicted molar refractivity (Wildman–Crippen MR) is 70.1 cm³/mol. The van der Waals surface area contributed by atoms with Gasteiger partial charge in [-0.2, -0.15) is 0 Å². The van der Waals surface area contributed by atoms with E-state index in [0.717, 1.165) is 10.7 Å². The summed E-state index contributed by atoms with van der Waals surface area (Å²) in [5, 5.41) is 16.9. The fourth-order valence-corrected chi connectivity index (χ4v) is 2.59. The van der Waals surface area contributed by atoms with Gasteiger partial charge < -0.3 is 10.4 Å². The van der Waals surface area contributed by atoms with Gasteiger partial charge in [0.05, 0.1) is 11.9 Å². The standard InChI is InChI=1S/C11H16N4O2S/c1-6(2)4-8(9(16)17)13-10-14-15-5-7(3)12-11(15)18-10/h5-6,8H,4H2,1-3H3,(H,13,14)(H,16,17). The molecule has 2 N–H and O–H groups in total. The summed E-state index contributed by atoms with van der Waals surface area (Å²) >= 11 is 1.36. The second-order valence-corrected chi connectivity index (χ2v) is 5.64. The van der Waals surface area contributed by atoms with Gasteiger partial charge in [0.15, 0.2) is 0 Å². The maximum atomic E-state index is 11.1. The van der Waals surface area contributed by atoms with Crippen LogP contribution in [0, 0.1) is 12.8 Å². The number of aryl methyl sites for hydroxylation is 1. The fraction of sp³-hybridized carbons (Fsp3) is 0.545. The molecule has 0 aliphatic heterocycles. The zero-order chi connectivity index (χ0) is 13.3. The maximum absolute atomic E-state index is 11.1. The molecule has 0 aliphatic rings. The number of hydrogen-bond acceptors (Lipinski definition) is 5. The number of carboxylic acid groups (broad SMARTS) is 1. The summed E-state index contributed by atoms with van der Waals surface area (Å²) in [6, 6.07) is -0.609. The minimum atomic E-state index is -0.854. The molecule has 1 atom stereocenters. The molecule has 0 amide bonds. The van der Waals surface area contributed by atoms with Gasteiger partial charge in [0.2, 0.25) is 10.1 Å². The summed E-state index contributed by atoms with van der Waals surface area (Å²) in [5.74, 6) is -0.544. The van der Waals surface area contributed by atoms with Crippen molar-refractivity contribution in [2.75, 3.05) is 5.32 Å². The lowest BCUT2D eigenvalue weighted by Crippen LogP contribution is -2.30. The van der Waals surface area contributed by atoms with E-state index in [1.807, 2.05) is 27.0 Å². The molecule has 0 spiro atoms. The number of aromatic nitrogens is 3. The number of fused-ring (bicyclic) bond motifs is 1. The highest BCUT2D eigenvalue weighted by atomic mass is 32.1. The molecule has 2 rings (SSSR count). The summed E-state index contributed by atoms with van der Waals surface area (Å²) in [6.45, 7) is 5.89. The summed E-state index contributed by atoms with van der Waals surface area (Å²) in [7, 11) is 0. The third kappa shape index (κ3) is 2.79. The average molecular weight is 268 g/mol. The number of imidazole rings is 1. The van der Waals surface area contributed by atoms with Crippen molar-refractivity contribution in [2.45, 2.75) is 33.2 Å². The molecule has 0 fully saturated rings. The molecule has 1 unspecified atom stereocenters. The number of anilines is 1. The predicted octanol–water partition coefficient (Wildman–Crippen LogP) is 2.01. The zero-order valence-corrected chi connectivity index (χ0v) is 11.4. The van der Waals surface area contributed by atoms with Crippen molar-refractivity contribution in [3.63, 3.8) is 0 Å². The van der Waals surface area contributed by atoms with Crippen molar-refractivity contribution in [1.82, 2.24) is 14.6 Å². The Morgan fingerprint density at radius 3 is 2.89 bits per heavy atom. The Kier molecular flexibility index (Phi) is 3.51. The van der Waals surface area contributed by atoms with Crippen LogP contribution in [0.25, 0.3) is 4.96 Å². The highest BCUT2D eigenvalue weighted by Crippen LogP contribution is 2.21. The number of hydrogen-bond donors (Lipinski definition) is 2. The molecule has 2 aromatic rings. The summed E-state index contributed by atoms with van der Waals surface area (Å²) in [6.07, 6.45) is 2.38. The Morgan fingerprint density at radius 1 is 1.61 bits per heavy atom. The van der Waals surface area contributed by atoms with Gasteiger partial charge in [-0.05, 0) is 19.3 Å². The molecule has 0 radical (unpaired) electrons. The monoisotopic (exact) mass is 268 g/mol. The molecule has 2 heterocycles. The first-order valence-corrected chi connectivity index (χ1v) is 6.59. The van der Waals surface area contributed by atoms with Crippen LogP contribution in [0.15, 0.2) is 6.20 Å². The van der Waals surface area contributed by atoms with Crippen molar-refractivity contribution in [2.24, 2.45) is 5.92 Å². The molecule has 0 bridgehead atoms. The SMILES string of the molecule is Cc1cn2nc(NC(CC(C)C)C(=O)O)sc2n1. The molecule has 98 valence electrons. The van der Waals surface area contributed by atoms with Crippen LogP contribution in [0.3, 0.4) is 0 Å².